The highest BCUT2D eigenvalue weighted by atomic mass is 16.7. The summed E-state index contributed by atoms with van der Waals surface area (Å²) in [7, 11) is 0.884. The van der Waals surface area contributed by atoms with Crippen LogP contribution in [0.2, 0.25) is 0 Å². The van der Waals surface area contributed by atoms with E-state index < -0.39 is 18.3 Å². The topological polar surface area (TPSA) is 54.0 Å². The van der Waals surface area contributed by atoms with Crippen molar-refractivity contribution in [2.24, 2.45) is 0 Å². The molecule has 0 amide bonds. The van der Waals surface area contributed by atoms with Crippen molar-refractivity contribution in [3.63, 3.8) is 0 Å². The number of carbonyl (C=O) groups excluding carboxylic acids is 1. The van der Waals surface area contributed by atoms with E-state index in [2.05, 4.69) is 0 Å². The third-order valence-corrected chi connectivity index (χ3v) is 4.53. The molecule has 126 valence electrons. The Hall–Kier alpha value is -1.37. The SMILES string of the molecule is CCOCc1cc(C(=O)OC)ccc1B1OC(C)(C)C(C)(C)O1. The lowest BCUT2D eigenvalue weighted by Gasteiger charge is -2.32. The summed E-state index contributed by atoms with van der Waals surface area (Å²) < 4.78 is 22.5. The van der Waals surface area contributed by atoms with Gasteiger partial charge in [-0.15, -0.1) is 0 Å². The van der Waals surface area contributed by atoms with Crippen molar-refractivity contribution in [1.82, 2.24) is 0 Å². The summed E-state index contributed by atoms with van der Waals surface area (Å²) in [5.74, 6) is -0.372. The number of benzene rings is 1. The summed E-state index contributed by atoms with van der Waals surface area (Å²) in [5, 5.41) is 0. The second kappa shape index (κ2) is 6.63. The van der Waals surface area contributed by atoms with Crippen LogP contribution in [-0.4, -0.2) is 38.0 Å². The number of carbonyl (C=O) groups is 1. The van der Waals surface area contributed by atoms with Crippen LogP contribution in [0.15, 0.2) is 18.2 Å². The molecular weight excluding hydrogens is 295 g/mol. The van der Waals surface area contributed by atoms with Crippen molar-refractivity contribution in [2.75, 3.05) is 13.7 Å². The van der Waals surface area contributed by atoms with Crippen LogP contribution in [0, 0.1) is 0 Å². The normalized spacial score (nSPS) is 19.0. The fourth-order valence-electron chi connectivity index (χ4n) is 2.39. The first kappa shape index (κ1) is 18.0. The number of methoxy groups -OCH3 is 1. The van der Waals surface area contributed by atoms with E-state index in [0.717, 1.165) is 11.0 Å². The minimum atomic E-state index is -0.484. The molecule has 6 heteroatoms. The molecule has 1 aliphatic heterocycles. The van der Waals surface area contributed by atoms with Crippen molar-refractivity contribution >= 4 is 18.6 Å². The van der Waals surface area contributed by atoms with Crippen LogP contribution < -0.4 is 5.46 Å². The van der Waals surface area contributed by atoms with Crippen molar-refractivity contribution in [1.29, 1.82) is 0 Å². The van der Waals surface area contributed by atoms with Crippen LogP contribution in [0.3, 0.4) is 0 Å². The fourth-order valence-corrected chi connectivity index (χ4v) is 2.39. The van der Waals surface area contributed by atoms with Crippen molar-refractivity contribution < 1.29 is 23.6 Å². The Morgan fingerprint density at radius 2 is 1.78 bits per heavy atom. The predicted octanol–water partition coefficient (Wildman–Crippen LogP) is 2.31. The second-order valence-corrected chi connectivity index (χ2v) is 6.63. The molecule has 0 aromatic heterocycles. The average molecular weight is 320 g/mol. The largest absolute Gasteiger partial charge is 0.495 e. The number of hydrogen-bond acceptors (Lipinski definition) is 5. The second-order valence-electron chi connectivity index (χ2n) is 6.63. The molecule has 0 bridgehead atoms. The minimum Gasteiger partial charge on any atom is -0.465 e. The Kier molecular flexibility index (Phi) is 5.18. The molecule has 1 aromatic carbocycles. The zero-order valence-corrected chi connectivity index (χ0v) is 14.8. The number of rotatable bonds is 5. The lowest BCUT2D eigenvalue weighted by molar-refractivity contribution is 0.00578. The van der Waals surface area contributed by atoms with Gasteiger partial charge in [0.2, 0.25) is 0 Å². The molecule has 0 radical (unpaired) electrons. The fraction of sp³-hybridized carbons (Fsp3) is 0.588. The third kappa shape index (κ3) is 3.60. The maximum atomic E-state index is 11.8. The van der Waals surface area contributed by atoms with E-state index in [9.17, 15) is 4.79 Å². The molecular formula is C17H25BO5. The van der Waals surface area contributed by atoms with E-state index in [1.165, 1.54) is 7.11 Å². The predicted molar refractivity (Wildman–Crippen MR) is 88.8 cm³/mol. The van der Waals surface area contributed by atoms with Crippen LogP contribution in [0.25, 0.3) is 0 Å². The van der Waals surface area contributed by atoms with Crippen molar-refractivity contribution in [3.8, 4) is 0 Å². The summed E-state index contributed by atoms with van der Waals surface area (Å²) in [4.78, 5) is 11.8. The zero-order chi connectivity index (χ0) is 17.3. The van der Waals surface area contributed by atoms with Gasteiger partial charge in [0.05, 0.1) is 30.5 Å². The maximum absolute atomic E-state index is 11.8. The van der Waals surface area contributed by atoms with E-state index in [-0.39, 0.29) is 5.97 Å². The standard InChI is InChI=1S/C17H25BO5/c1-7-21-11-13-10-12(15(19)20-6)8-9-14(13)18-22-16(2,3)17(4,5)23-18/h8-10H,7,11H2,1-6H3. The lowest BCUT2D eigenvalue weighted by Crippen LogP contribution is -2.41. The molecule has 0 saturated carbocycles. The first-order chi connectivity index (χ1) is 10.7. The Labute approximate surface area is 138 Å². The molecule has 0 aliphatic carbocycles. The van der Waals surface area contributed by atoms with Gasteiger partial charge in [0.25, 0.3) is 0 Å². The molecule has 1 saturated heterocycles. The molecule has 23 heavy (non-hydrogen) atoms. The lowest BCUT2D eigenvalue weighted by atomic mass is 9.75. The van der Waals surface area contributed by atoms with Crippen LogP contribution in [-0.2, 0) is 25.4 Å². The molecule has 1 aromatic rings. The zero-order valence-electron chi connectivity index (χ0n) is 14.8. The Bertz CT molecular complexity index is 566. The summed E-state index contributed by atoms with van der Waals surface area (Å²) >= 11 is 0. The van der Waals surface area contributed by atoms with E-state index in [1.54, 1.807) is 12.1 Å². The molecule has 1 aliphatic rings. The number of hydrogen-bond donors (Lipinski definition) is 0. The van der Waals surface area contributed by atoms with Gasteiger partial charge < -0.3 is 18.8 Å². The van der Waals surface area contributed by atoms with Gasteiger partial charge in [0, 0.05) is 6.61 Å². The third-order valence-electron chi connectivity index (χ3n) is 4.53. The minimum absolute atomic E-state index is 0.372. The quantitative estimate of drug-likeness (QED) is 0.615. The monoisotopic (exact) mass is 320 g/mol. The van der Waals surface area contributed by atoms with Crippen LogP contribution in [0.5, 0.6) is 0 Å². The smallest absolute Gasteiger partial charge is 0.465 e. The van der Waals surface area contributed by atoms with Crippen molar-refractivity contribution in [3.05, 3.63) is 29.3 Å². The summed E-state index contributed by atoms with van der Waals surface area (Å²) in [6, 6.07) is 5.35. The summed E-state index contributed by atoms with van der Waals surface area (Å²) in [6.45, 7) is 11.0. The van der Waals surface area contributed by atoms with Gasteiger partial charge in [-0.25, -0.2) is 4.79 Å². The van der Waals surface area contributed by atoms with Gasteiger partial charge in [-0.05, 0) is 57.8 Å². The Morgan fingerprint density at radius 3 is 2.30 bits per heavy atom. The summed E-state index contributed by atoms with van der Waals surface area (Å²) in [5.41, 5.74) is 1.41. The molecule has 2 rings (SSSR count). The van der Waals surface area contributed by atoms with E-state index in [0.29, 0.717) is 18.8 Å². The molecule has 0 N–H and O–H groups in total. The van der Waals surface area contributed by atoms with Gasteiger partial charge >= 0.3 is 13.1 Å². The first-order valence-corrected chi connectivity index (χ1v) is 7.86. The van der Waals surface area contributed by atoms with Crippen molar-refractivity contribution in [2.45, 2.75) is 52.4 Å². The van der Waals surface area contributed by atoms with Gasteiger partial charge in [-0.3, -0.25) is 0 Å². The van der Waals surface area contributed by atoms with E-state index in [4.69, 9.17) is 18.8 Å². The van der Waals surface area contributed by atoms with Gasteiger partial charge in [0.15, 0.2) is 0 Å². The first-order valence-electron chi connectivity index (χ1n) is 7.86. The highest BCUT2D eigenvalue weighted by Crippen LogP contribution is 2.36. The van der Waals surface area contributed by atoms with Gasteiger partial charge in [0.1, 0.15) is 0 Å². The van der Waals surface area contributed by atoms with E-state index in [1.807, 2.05) is 40.7 Å². The summed E-state index contributed by atoms with van der Waals surface area (Å²) in [6.07, 6.45) is 0. The molecule has 0 atom stereocenters. The van der Waals surface area contributed by atoms with Gasteiger partial charge in [-0.2, -0.15) is 0 Å². The number of esters is 1. The van der Waals surface area contributed by atoms with E-state index >= 15 is 0 Å². The molecule has 5 nitrogen and oxygen atoms in total. The number of ether oxygens (including phenoxy) is 2. The Balaban J connectivity index is 2.36. The molecule has 1 fully saturated rings. The van der Waals surface area contributed by atoms with Crippen LogP contribution in [0.4, 0.5) is 0 Å². The maximum Gasteiger partial charge on any atom is 0.495 e. The highest BCUT2D eigenvalue weighted by Gasteiger charge is 2.52. The van der Waals surface area contributed by atoms with Crippen LogP contribution >= 0.6 is 0 Å². The van der Waals surface area contributed by atoms with Crippen LogP contribution in [0.1, 0.15) is 50.5 Å². The molecule has 0 spiro atoms. The Morgan fingerprint density at radius 1 is 1.17 bits per heavy atom. The highest BCUT2D eigenvalue weighted by molar-refractivity contribution is 6.62. The molecule has 1 heterocycles. The van der Waals surface area contributed by atoms with Gasteiger partial charge in [-0.1, -0.05) is 6.07 Å². The average Bonchev–Trinajstić information content (AvgIpc) is 2.72. The molecule has 0 unspecified atom stereocenters.